The molecule has 0 bridgehead atoms. The van der Waals surface area contributed by atoms with Gasteiger partial charge in [-0.15, -0.1) is 0 Å². The fraction of sp³-hybridized carbons (Fsp3) is 1.00. The van der Waals surface area contributed by atoms with E-state index in [1.165, 1.54) is 0 Å². The van der Waals surface area contributed by atoms with Gasteiger partial charge >= 0.3 is 71.0 Å². The van der Waals surface area contributed by atoms with E-state index in [0.29, 0.717) is 0 Å². The van der Waals surface area contributed by atoms with Crippen LogP contribution in [0.1, 0.15) is 0 Å². The van der Waals surface area contributed by atoms with Gasteiger partial charge in [-0.05, 0) is 0 Å². The van der Waals surface area contributed by atoms with Crippen LogP contribution in [-0.4, -0.2) is 84.9 Å². The van der Waals surface area contributed by atoms with Crippen LogP contribution in [-0.2, 0) is 10.1 Å². The minimum atomic E-state index is -9.03. The molecule has 3 nitrogen and oxygen atoms in total. The van der Waals surface area contributed by atoms with Crippen LogP contribution in [0.2, 0.25) is 0 Å². The molecular formula is C12H5F20NaO3S. The van der Waals surface area contributed by atoms with E-state index >= 15 is 0 Å². The van der Waals surface area contributed by atoms with Crippen molar-refractivity contribution in [2.24, 2.45) is 0 Å². The molecule has 0 amide bonds. The Morgan fingerprint density at radius 3 is 1.03 bits per heavy atom. The molecule has 37 heavy (non-hydrogen) atoms. The zero-order chi connectivity index (χ0) is 29.9. The number of hydrogen-bond acceptors (Lipinski definition) is 3. The van der Waals surface area contributed by atoms with E-state index in [1.807, 2.05) is 0 Å². The Balaban J connectivity index is 0. The van der Waals surface area contributed by atoms with E-state index in [4.69, 9.17) is 0 Å². The van der Waals surface area contributed by atoms with Gasteiger partial charge < -0.3 is 4.55 Å². The standard InChI is InChI=1S/C12H6F20O3S.Na/c13-1(2(14)4(16)17)3(15)6(19,20)8(23,24)10(27,28)12(31,32)11(29,30)9(25,26)7(21,22)5(18)36(33,34)35;/h1-5H,(H,33,34,35);/q;+1/p-1. The summed E-state index contributed by atoms with van der Waals surface area (Å²) in [6.07, 6.45) is -21.1. The smallest absolute Gasteiger partial charge is 0.746 e. The molecule has 0 aliphatic rings. The molecule has 0 aliphatic carbocycles. The average molecular weight is 632 g/mol. The maximum absolute atomic E-state index is 13.5. The van der Waals surface area contributed by atoms with Gasteiger partial charge in [0, 0.05) is 0 Å². The SMILES string of the molecule is O=S(=O)([O-])C(F)C(F)(F)C(F)(F)C(F)(F)C(F)(F)C(F)(F)C(F)(F)C(F)(F)C(F)C(F)C(F)C(F)F.[Na+]. The van der Waals surface area contributed by atoms with Gasteiger partial charge in [0.05, 0.1) is 0 Å². The Morgan fingerprint density at radius 2 is 0.757 bits per heavy atom. The number of alkyl halides is 20. The van der Waals surface area contributed by atoms with Crippen molar-refractivity contribution in [1.82, 2.24) is 0 Å². The van der Waals surface area contributed by atoms with E-state index in [0.717, 1.165) is 0 Å². The van der Waals surface area contributed by atoms with Crippen LogP contribution >= 0.6 is 0 Å². The van der Waals surface area contributed by atoms with Gasteiger partial charge in [-0.2, -0.15) is 61.5 Å². The third-order valence-corrected chi connectivity index (χ3v) is 4.93. The Hall–Kier alpha value is -0.490. The summed E-state index contributed by atoms with van der Waals surface area (Å²) in [5.41, 5.74) is -6.18. The number of hydrogen-bond donors (Lipinski definition) is 0. The summed E-state index contributed by atoms with van der Waals surface area (Å²) >= 11 is 0. The van der Waals surface area contributed by atoms with Crippen molar-refractivity contribution in [3.63, 3.8) is 0 Å². The molecule has 0 aromatic carbocycles. The molecule has 0 radical (unpaired) electrons. The van der Waals surface area contributed by atoms with E-state index in [9.17, 15) is 101 Å². The third kappa shape index (κ3) is 5.72. The summed E-state index contributed by atoms with van der Waals surface area (Å²) in [4.78, 5) is 0. The first kappa shape index (κ1) is 38.7. The number of halogens is 20. The molecule has 218 valence electrons. The molecular weight excluding hydrogens is 627 g/mol. The number of rotatable bonds is 12. The van der Waals surface area contributed by atoms with Crippen LogP contribution in [0, 0.1) is 0 Å². The second-order valence-corrected chi connectivity index (χ2v) is 7.95. The second kappa shape index (κ2) is 10.8. The van der Waals surface area contributed by atoms with Gasteiger partial charge in [-0.25, -0.2) is 34.8 Å². The molecule has 0 saturated heterocycles. The third-order valence-electron chi connectivity index (χ3n) is 4.12. The normalized spacial score (nSPS) is 18.8. The molecule has 0 heterocycles. The quantitative estimate of drug-likeness (QED) is 0.189. The first-order chi connectivity index (χ1) is 15.3. The van der Waals surface area contributed by atoms with Crippen molar-refractivity contribution in [3.05, 3.63) is 0 Å². The molecule has 0 fully saturated rings. The van der Waals surface area contributed by atoms with Gasteiger partial charge in [-0.1, -0.05) is 0 Å². The van der Waals surface area contributed by atoms with Gasteiger partial charge in [-0.3, -0.25) is 0 Å². The summed E-state index contributed by atoms with van der Waals surface area (Å²) in [7, 11) is -7.54. The molecule has 0 saturated carbocycles. The van der Waals surface area contributed by atoms with Crippen molar-refractivity contribution < 1.29 is 130 Å². The molecule has 0 aromatic rings. The average Bonchev–Trinajstić information content (AvgIpc) is 2.69. The summed E-state index contributed by atoms with van der Waals surface area (Å²) in [6, 6.07) is 0. The molecule has 0 rings (SSSR count). The van der Waals surface area contributed by atoms with Crippen LogP contribution in [0.3, 0.4) is 0 Å². The first-order valence-electron chi connectivity index (χ1n) is 7.77. The summed E-state index contributed by atoms with van der Waals surface area (Å²) in [6.45, 7) is 0. The molecule has 0 spiro atoms. The fourth-order valence-electron chi connectivity index (χ4n) is 2.01. The molecule has 25 heteroatoms. The fourth-order valence-corrected chi connectivity index (χ4v) is 2.52. The Bertz CT molecular complexity index is 891. The van der Waals surface area contributed by atoms with E-state index in [1.54, 1.807) is 0 Å². The van der Waals surface area contributed by atoms with Crippen molar-refractivity contribution >= 4 is 10.1 Å². The summed E-state index contributed by atoms with van der Waals surface area (Å²) in [5.74, 6) is -60.2. The van der Waals surface area contributed by atoms with E-state index < -0.39 is 82.0 Å². The monoisotopic (exact) mass is 632 g/mol. The summed E-state index contributed by atoms with van der Waals surface area (Å²) < 4.78 is 292. The van der Waals surface area contributed by atoms with Crippen LogP contribution < -0.4 is 29.6 Å². The molecule has 4 atom stereocenters. The predicted octanol–water partition coefficient (Wildman–Crippen LogP) is 2.56. The maximum Gasteiger partial charge on any atom is 1.00 e. The Morgan fingerprint density at radius 1 is 0.486 bits per heavy atom. The van der Waals surface area contributed by atoms with Gasteiger partial charge in [0.15, 0.2) is 12.3 Å². The van der Waals surface area contributed by atoms with Crippen LogP contribution in [0.15, 0.2) is 0 Å². The molecule has 0 N–H and O–H groups in total. The van der Waals surface area contributed by atoms with E-state index in [2.05, 4.69) is 0 Å². The van der Waals surface area contributed by atoms with Gasteiger partial charge in [0.2, 0.25) is 6.17 Å². The molecule has 0 aromatic heterocycles. The Kier molecular flexibility index (Phi) is 11.3. The van der Waals surface area contributed by atoms with Crippen molar-refractivity contribution in [3.8, 4) is 0 Å². The molecule has 4 unspecified atom stereocenters. The van der Waals surface area contributed by atoms with Crippen LogP contribution in [0.4, 0.5) is 87.8 Å². The second-order valence-electron chi connectivity index (χ2n) is 6.55. The van der Waals surface area contributed by atoms with Crippen LogP contribution in [0.25, 0.3) is 0 Å². The van der Waals surface area contributed by atoms with E-state index in [-0.39, 0.29) is 29.6 Å². The summed E-state index contributed by atoms with van der Waals surface area (Å²) in [5, 5.41) is 0. The first-order valence-corrected chi connectivity index (χ1v) is 9.24. The Labute approximate surface area is 212 Å². The van der Waals surface area contributed by atoms with Crippen molar-refractivity contribution in [2.45, 2.75) is 71.9 Å². The molecule has 0 aliphatic heterocycles. The zero-order valence-electron chi connectivity index (χ0n) is 16.6. The largest absolute Gasteiger partial charge is 1.00 e. The van der Waals surface area contributed by atoms with Crippen molar-refractivity contribution in [1.29, 1.82) is 0 Å². The van der Waals surface area contributed by atoms with Gasteiger partial charge in [0.25, 0.3) is 11.9 Å². The van der Waals surface area contributed by atoms with Crippen molar-refractivity contribution in [2.75, 3.05) is 0 Å². The topological polar surface area (TPSA) is 57.2 Å². The zero-order valence-corrected chi connectivity index (χ0v) is 19.4. The van der Waals surface area contributed by atoms with Gasteiger partial charge in [0.1, 0.15) is 10.1 Å². The predicted molar refractivity (Wildman–Crippen MR) is 69.9 cm³/mol. The minimum Gasteiger partial charge on any atom is -0.746 e. The van der Waals surface area contributed by atoms with Crippen LogP contribution in [0.5, 0.6) is 0 Å². The maximum atomic E-state index is 13.5. The minimum absolute atomic E-state index is 0.